The topological polar surface area (TPSA) is 86.2 Å². The largest absolute Gasteiger partial charge is 0.481 e. The molecule has 7 nitrogen and oxygen atoms in total. The van der Waals surface area contributed by atoms with E-state index < -0.39 is 0 Å². The van der Waals surface area contributed by atoms with Crippen LogP contribution in [0.15, 0.2) is 41.8 Å². The molecule has 0 atom stereocenters. The molecule has 0 fully saturated rings. The van der Waals surface area contributed by atoms with Crippen LogP contribution in [0.4, 0.5) is 5.69 Å². The summed E-state index contributed by atoms with van der Waals surface area (Å²) in [6.07, 6.45) is 0.300. The van der Waals surface area contributed by atoms with Gasteiger partial charge in [0.15, 0.2) is 0 Å². The lowest BCUT2D eigenvalue weighted by Crippen LogP contribution is -2.14. The Labute approximate surface area is 148 Å². The van der Waals surface area contributed by atoms with Gasteiger partial charge in [-0.3, -0.25) is 4.79 Å². The number of para-hydroxylation sites is 1. The summed E-state index contributed by atoms with van der Waals surface area (Å²) in [6.45, 7) is 0. The molecule has 0 aliphatic rings. The highest BCUT2D eigenvalue weighted by atomic mass is 32.1. The van der Waals surface area contributed by atoms with Gasteiger partial charge in [-0.15, -0.1) is 0 Å². The standard InChI is InChI=1S/C17H16N4O3S/c1-23-15-9-16(24-2)20-14(19-15)8-13-12(10-25-21-13)17(22)18-11-6-4-3-5-7-11/h3-7,9-10H,8H2,1-2H3,(H,18,22). The van der Waals surface area contributed by atoms with Crippen LogP contribution in [-0.2, 0) is 6.42 Å². The summed E-state index contributed by atoms with van der Waals surface area (Å²) in [6, 6.07) is 10.9. The fraction of sp³-hybridized carbons (Fsp3) is 0.176. The van der Waals surface area contributed by atoms with Gasteiger partial charge in [-0.25, -0.2) is 0 Å². The third-order valence-corrected chi connectivity index (χ3v) is 4.06. The van der Waals surface area contributed by atoms with Crippen molar-refractivity contribution in [2.75, 3.05) is 19.5 Å². The third kappa shape index (κ3) is 4.10. The minimum Gasteiger partial charge on any atom is -0.481 e. The molecule has 0 saturated carbocycles. The molecule has 1 amide bonds. The Hall–Kier alpha value is -3.00. The molecule has 1 N–H and O–H groups in total. The molecule has 8 heteroatoms. The van der Waals surface area contributed by atoms with Gasteiger partial charge in [0.2, 0.25) is 11.8 Å². The molecule has 0 radical (unpaired) electrons. The minimum atomic E-state index is -0.218. The molecule has 0 spiro atoms. The van der Waals surface area contributed by atoms with Crippen LogP contribution in [0.2, 0.25) is 0 Å². The fourth-order valence-electron chi connectivity index (χ4n) is 2.18. The number of hydrogen-bond acceptors (Lipinski definition) is 7. The fourth-order valence-corrected chi connectivity index (χ4v) is 2.87. The Morgan fingerprint density at radius 2 is 1.80 bits per heavy atom. The van der Waals surface area contributed by atoms with Crippen LogP contribution in [-0.4, -0.2) is 34.5 Å². The van der Waals surface area contributed by atoms with Gasteiger partial charge in [-0.1, -0.05) is 18.2 Å². The molecule has 0 bridgehead atoms. The predicted octanol–water partition coefficient (Wildman–Crippen LogP) is 2.79. The van der Waals surface area contributed by atoms with Crippen LogP contribution in [0, 0.1) is 0 Å². The number of carbonyl (C=O) groups is 1. The smallest absolute Gasteiger partial charge is 0.258 e. The number of methoxy groups -OCH3 is 2. The molecule has 1 aromatic carbocycles. The molecule has 0 saturated heterocycles. The average Bonchev–Trinajstić information content (AvgIpc) is 3.10. The quantitative estimate of drug-likeness (QED) is 0.731. The van der Waals surface area contributed by atoms with Gasteiger partial charge in [0.1, 0.15) is 5.82 Å². The Morgan fingerprint density at radius 1 is 1.12 bits per heavy atom. The molecular formula is C17H16N4O3S. The van der Waals surface area contributed by atoms with E-state index in [1.54, 1.807) is 11.4 Å². The summed E-state index contributed by atoms with van der Waals surface area (Å²) in [5, 5.41) is 4.57. The van der Waals surface area contributed by atoms with Crippen molar-refractivity contribution in [2.45, 2.75) is 6.42 Å². The molecule has 2 heterocycles. The van der Waals surface area contributed by atoms with Crippen LogP contribution < -0.4 is 14.8 Å². The maximum atomic E-state index is 12.5. The first-order chi connectivity index (χ1) is 12.2. The van der Waals surface area contributed by atoms with Gasteiger partial charge >= 0.3 is 0 Å². The molecule has 3 rings (SSSR count). The van der Waals surface area contributed by atoms with Gasteiger partial charge in [0, 0.05) is 11.1 Å². The van der Waals surface area contributed by atoms with E-state index in [1.807, 2.05) is 30.3 Å². The van der Waals surface area contributed by atoms with E-state index in [0.29, 0.717) is 35.3 Å². The Bertz CT molecular complexity index is 845. The molecule has 2 aromatic heterocycles. The number of ether oxygens (including phenoxy) is 2. The summed E-state index contributed by atoms with van der Waals surface area (Å²) in [7, 11) is 3.04. The highest BCUT2D eigenvalue weighted by Crippen LogP contribution is 2.20. The second-order valence-corrected chi connectivity index (χ2v) is 5.67. The lowest BCUT2D eigenvalue weighted by molar-refractivity contribution is 0.102. The number of nitrogens with zero attached hydrogens (tertiary/aromatic N) is 3. The number of nitrogens with one attached hydrogen (secondary N) is 1. The SMILES string of the molecule is COc1cc(OC)nc(Cc2nscc2C(=O)Nc2ccccc2)n1. The predicted molar refractivity (Wildman–Crippen MR) is 94.5 cm³/mol. The molecule has 0 unspecified atom stereocenters. The Balaban J connectivity index is 1.81. The van der Waals surface area contributed by atoms with Crippen molar-refractivity contribution >= 4 is 23.1 Å². The summed E-state index contributed by atoms with van der Waals surface area (Å²) >= 11 is 1.22. The molecule has 128 valence electrons. The van der Waals surface area contributed by atoms with E-state index in [4.69, 9.17) is 9.47 Å². The maximum Gasteiger partial charge on any atom is 0.258 e. The summed E-state index contributed by atoms with van der Waals surface area (Å²) in [4.78, 5) is 21.1. The average molecular weight is 356 g/mol. The van der Waals surface area contributed by atoms with Crippen molar-refractivity contribution in [3.8, 4) is 11.8 Å². The number of hydrogen-bond donors (Lipinski definition) is 1. The van der Waals surface area contributed by atoms with Crippen molar-refractivity contribution in [1.82, 2.24) is 14.3 Å². The normalized spacial score (nSPS) is 10.3. The van der Waals surface area contributed by atoms with Gasteiger partial charge in [0.05, 0.1) is 38.0 Å². The zero-order valence-corrected chi connectivity index (χ0v) is 14.5. The van der Waals surface area contributed by atoms with E-state index in [0.717, 1.165) is 5.69 Å². The van der Waals surface area contributed by atoms with Crippen LogP contribution in [0.1, 0.15) is 21.9 Å². The highest BCUT2D eigenvalue weighted by Gasteiger charge is 2.17. The van der Waals surface area contributed by atoms with Gasteiger partial charge in [-0.05, 0) is 23.7 Å². The number of aromatic nitrogens is 3. The monoisotopic (exact) mass is 356 g/mol. The Kier molecular flexibility index (Phi) is 5.20. The van der Waals surface area contributed by atoms with Gasteiger partial charge < -0.3 is 14.8 Å². The van der Waals surface area contributed by atoms with Gasteiger partial charge in [-0.2, -0.15) is 14.3 Å². The van der Waals surface area contributed by atoms with Crippen molar-refractivity contribution < 1.29 is 14.3 Å². The van der Waals surface area contributed by atoms with Crippen molar-refractivity contribution in [1.29, 1.82) is 0 Å². The minimum absolute atomic E-state index is 0.218. The number of rotatable bonds is 6. The summed E-state index contributed by atoms with van der Waals surface area (Å²) in [5.74, 6) is 1.04. The van der Waals surface area contributed by atoms with Gasteiger partial charge in [0.25, 0.3) is 5.91 Å². The van der Waals surface area contributed by atoms with E-state index >= 15 is 0 Å². The summed E-state index contributed by atoms with van der Waals surface area (Å²) < 4.78 is 14.6. The van der Waals surface area contributed by atoms with Crippen LogP contribution in [0.25, 0.3) is 0 Å². The first-order valence-electron chi connectivity index (χ1n) is 7.45. The zero-order valence-electron chi connectivity index (χ0n) is 13.7. The van der Waals surface area contributed by atoms with Crippen LogP contribution >= 0.6 is 11.5 Å². The van der Waals surface area contributed by atoms with E-state index in [-0.39, 0.29) is 5.91 Å². The van der Waals surface area contributed by atoms with Crippen molar-refractivity contribution in [3.63, 3.8) is 0 Å². The first kappa shape index (κ1) is 16.8. The molecule has 25 heavy (non-hydrogen) atoms. The number of anilines is 1. The lowest BCUT2D eigenvalue weighted by atomic mass is 10.1. The summed E-state index contributed by atoms with van der Waals surface area (Å²) in [5.41, 5.74) is 1.83. The zero-order chi connectivity index (χ0) is 17.6. The van der Waals surface area contributed by atoms with E-state index in [2.05, 4.69) is 19.7 Å². The molecule has 3 aromatic rings. The maximum absolute atomic E-state index is 12.5. The second kappa shape index (κ2) is 7.71. The third-order valence-electron chi connectivity index (χ3n) is 3.39. The Morgan fingerprint density at radius 3 is 2.44 bits per heavy atom. The number of benzene rings is 1. The highest BCUT2D eigenvalue weighted by molar-refractivity contribution is 7.04. The molecule has 0 aliphatic carbocycles. The number of carbonyl (C=O) groups excluding carboxylic acids is 1. The second-order valence-electron chi connectivity index (χ2n) is 5.04. The lowest BCUT2D eigenvalue weighted by Gasteiger charge is -2.07. The molecule has 0 aliphatic heterocycles. The van der Waals surface area contributed by atoms with Crippen molar-refractivity contribution in [3.05, 3.63) is 58.9 Å². The first-order valence-corrected chi connectivity index (χ1v) is 8.29. The number of amides is 1. The molecular weight excluding hydrogens is 340 g/mol. The van der Waals surface area contributed by atoms with Crippen LogP contribution in [0.3, 0.4) is 0 Å². The van der Waals surface area contributed by atoms with Crippen molar-refractivity contribution in [2.24, 2.45) is 0 Å². The van der Waals surface area contributed by atoms with E-state index in [1.165, 1.54) is 25.8 Å². The van der Waals surface area contributed by atoms with E-state index in [9.17, 15) is 4.79 Å². The van der Waals surface area contributed by atoms with Crippen LogP contribution in [0.5, 0.6) is 11.8 Å².